The molecule has 1 saturated heterocycles. The second-order valence-electron chi connectivity index (χ2n) is 7.92. The van der Waals surface area contributed by atoms with Gasteiger partial charge in [-0.25, -0.2) is 0 Å². The lowest BCUT2D eigenvalue weighted by Gasteiger charge is -2.43. The molecule has 1 atom stereocenters. The molecule has 0 saturated carbocycles. The molecule has 0 amide bonds. The topological polar surface area (TPSA) is 12.5 Å². The minimum atomic E-state index is 0.415. The number of unbranched alkanes of at least 4 members (excludes halogenated alkanes) is 7. The maximum absolute atomic E-state index is 5.43. The van der Waals surface area contributed by atoms with Crippen molar-refractivity contribution in [2.45, 2.75) is 97.4 Å². The summed E-state index contributed by atoms with van der Waals surface area (Å²) in [6.07, 6.45) is 15.4. The summed E-state index contributed by atoms with van der Waals surface area (Å²) < 4.78 is 5.43. The van der Waals surface area contributed by atoms with Gasteiger partial charge in [0, 0.05) is 18.0 Å². The van der Waals surface area contributed by atoms with E-state index < -0.39 is 0 Å². The molecular formula is C20H41NO. The summed E-state index contributed by atoms with van der Waals surface area (Å²) in [7, 11) is 2.35. The lowest BCUT2D eigenvalue weighted by Crippen LogP contribution is -2.50. The molecule has 0 radical (unpaired) electrons. The predicted octanol–water partition coefficient (Wildman–Crippen LogP) is 5.65. The highest BCUT2D eigenvalue weighted by Crippen LogP contribution is 2.29. The van der Waals surface area contributed by atoms with Gasteiger partial charge in [0.2, 0.25) is 0 Å². The molecule has 0 aromatic carbocycles. The first-order chi connectivity index (χ1) is 10.6. The minimum Gasteiger partial charge on any atom is -0.380 e. The van der Waals surface area contributed by atoms with Crippen molar-refractivity contribution in [3.05, 3.63) is 0 Å². The molecule has 0 N–H and O–H groups in total. The van der Waals surface area contributed by atoms with Crippen LogP contribution in [0.4, 0.5) is 0 Å². The zero-order valence-electron chi connectivity index (χ0n) is 15.8. The van der Waals surface area contributed by atoms with Crippen LogP contribution in [0.15, 0.2) is 0 Å². The van der Waals surface area contributed by atoms with Crippen LogP contribution in [0.1, 0.15) is 91.4 Å². The molecule has 0 bridgehead atoms. The van der Waals surface area contributed by atoms with Gasteiger partial charge in [-0.3, -0.25) is 0 Å². The van der Waals surface area contributed by atoms with E-state index in [0.29, 0.717) is 5.41 Å². The highest BCUT2D eigenvalue weighted by Gasteiger charge is 2.35. The van der Waals surface area contributed by atoms with Crippen molar-refractivity contribution in [3.63, 3.8) is 0 Å². The molecular weight excluding hydrogens is 270 g/mol. The fraction of sp³-hybridized carbons (Fsp3) is 1.00. The molecule has 2 heteroatoms. The van der Waals surface area contributed by atoms with E-state index in [9.17, 15) is 0 Å². The Labute approximate surface area is 140 Å². The molecule has 1 fully saturated rings. The first-order valence-corrected chi connectivity index (χ1v) is 9.89. The summed E-state index contributed by atoms with van der Waals surface area (Å²) >= 11 is 0. The van der Waals surface area contributed by atoms with Crippen LogP contribution in [-0.2, 0) is 4.74 Å². The Morgan fingerprint density at radius 1 is 0.864 bits per heavy atom. The molecule has 1 aliphatic rings. The number of hydrogen-bond acceptors (Lipinski definition) is 2. The van der Waals surface area contributed by atoms with Crippen molar-refractivity contribution < 1.29 is 4.74 Å². The van der Waals surface area contributed by atoms with Gasteiger partial charge in [0.05, 0.1) is 13.2 Å². The maximum Gasteiger partial charge on any atom is 0.0554 e. The second-order valence-corrected chi connectivity index (χ2v) is 7.92. The fourth-order valence-electron chi connectivity index (χ4n) is 3.65. The maximum atomic E-state index is 5.43. The van der Waals surface area contributed by atoms with Crippen molar-refractivity contribution >= 4 is 0 Å². The SMILES string of the molecule is CCCCCCCC(CCCCCC)N(C)CC1(C)COC1. The Balaban J connectivity index is 2.31. The third kappa shape index (κ3) is 7.97. The Morgan fingerprint density at radius 2 is 1.36 bits per heavy atom. The highest BCUT2D eigenvalue weighted by atomic mass is 16.5. The number of nitrogens with zero attached hydrogens (tertiary/aromatic N) is 1. The molecule has 0 aromatic heterocycles. The van der Waals surface area contributed by atoms with E-state index >= 15 is 0 Å². The molecule has 0 aliphatic carbocycles. The van der Waals surface area contributed by atoms with E-state index in [2.05, 4.69) is 32.7 Å². The van der Waals surface area contributed by atoms with Gasteiger partial charge in [-0.1, -0.05) is 78.6 Å². The monoisotopic (exact) mass is 311 g/mol. The zero-order chi connectivity index (χ0) is 16.3. The minimum absolute atomic E-state index is 0.415. The van der Waals surface area contributed by atoms with Crippen LogP contribution in [0.2, 0.25) is 0 Å². The molecule has 1 rings (SSSR count). The third-order valence-corrected chi connectivity index (χ3v) is 5.19. The Bertz CT molecular complexity index is 262. The summed E-state index contributed by atoms with van der Waals surface area (Å²) in [6, 6.07) is 0.788. The van der Waals surface area contributed by atoms with Crippen LogP contribution in [-0.4, -0.2) is 37.7 Å². The number of rotatable bonds is 14. The molecule has 2 nitrogen and oxygen atoms in total. The fourth-order valence-corrected chi connectivity index (χ4v) is 3.65. The van der Waals surface area contributed by atoms with Gasteiger partial charge < -0.3 is 9.64 Å². The number of ether oxygens (including phenoxy) is 1. The first kappa shape index (κ1) is 20.0. The van der Waals surface area contributed by atoms with Gasteiger partial charge in [0.25, 0.3) is 0 Å². The molecule has 1 unspecified atom stereocenters. The lowest BCUT2D eigenvalue weighted by molar-refractivity contribution is -0.116. The normalized spacial score (nSPS) is 18.4. The summed E-state index contributed by atoms with van der Waals surface area (Å²) in [6.45, 7) is 10.1. The largest absolute Gasteiger partial charge is 0.380 e. The third-order valence-electron chi connectivity index (χ3n) is 5.19. The number of hydrogen-bond donors (Lipinski definition) is 0. The van der Waals surface area contributed by atoms with Gasteiger partial charge in [0.1, 0.15) is 0 Å². The van der Waals surface area contributed by atoms with Crippen LogP contribution < -0.4 is 0 Å². The highest BCUT2D eigenvalue weighted by molar-refractivity contribution is 4.85. The van der Waals surface area contributed by atoms with E-state index in [1.807, 2.05) is 0 Å². The van der Waals surface area contributed by atoms with Gasteiger partial charge in [-0.05, 0) is 19.9 Å². The zero-order valence-corrected chi connectivity index (χ0v) is 15.8. The van der Waals surface area contributed by atoms with E-state index in [-0.39, 0.29) is 0 Å². The first-order valence-electron chi connectivity index (χ1n) is 9.89. The summed E-state index contributed by atoms with van der Waals surface area (Å²) in [4.78, 5) is 2.65. The van der Waals surface area contributed by atoms with Gasteiger partial charge in [-0.2, -0.15) is 0 Å². The van der Waals surface area contributed by atoms with Crippen LogP contribution in [0, 0.1) is 5.41 Å². The van der Waals surface area contributed by atoms with Gasteiger partial charge in [-0.15, -0.1) is 0 Å². The molecule has 1 heterocycles. The van der Waals surface area contributed by atoms with E-state index in [1.54, 1.807) is 0 Å². The summed E-state index contributed by atoms with van der Waals surface area (Å²) in [5.41, 5.74) is 0.415. The summed E-state index contributed by atoms with van der Waals surface area (Å²) in [5, 5.41) is 0. The van der Waals surface area contributed by atoms with Crippen molar-refractivity contribution in [2.24, 2.45) is 5.41 Å². The molecule has 1 aliphatic heterocycles. The van der Waals surface area contributed by atoms with Crippen LogP contribution in [0.5, 0.6) is 0 Å². The van der Waals surface area contributed by atoms with Crippen molar-refractivity contribution in [1.82, 2.24) is 4.90 Å². The van der Waals surface area contributed by atoms with Crippen molar-refractivity contribution in [3.8, 4) is 0 Å². The van der Waals surface area contributed by atoms with E-state index in [0.717, 1.165) is 19.3 Å². The average molecular weight is 312 g/mol. The lowest BCUT2D eigenvalue weighted by atomic mass is 9.87. The molecule has 0 aromatic rings. The van der Waals surface area contributed by atoms with Crippen LogP contribution >= 0.6 is 0 Å². The Kier molecular flexibility index (Phi) is 10.4. The van der Waals surface area contributed by atoms with Crippen LogP contribution in [0.25, 0.3) is 0 Å². The van der Waals surface area contributed by atoms with E-state index in [1.165, 1.54) is 77.2 Å². The van der Waals surface area contributed by atoms with Gasteiger partial charge in [0.15, 0.2) is 0 Å². The van der Waals surface area contributed by atoms with Crippen molar-refractivity contribution in [1.29, 1.82) is 0 Å². The quantitative estimate of drug-likeness (QED) is 0.384. The summed E-state index contributed by atoms with van der Waals surface area (Å²) in [5.74, 6) is 0. The Morgan fingerprint density at radius 3 is 1.82 bits per heavy atom. The average Bonchev–Trinajstić information content (AvgIpc) is 2.47. The molecule has 0 spiro atoms. The second kappa shape index (κ2) is 11.5. The predicted molar refractivity (Wildman–Crippen MR) is 97.5 cm³/mol. The molecule has 132 valence electrons. The Hall–Kier alpha value is -0.0800. The van der Waals surface area contributed by atoms with Gasteiger partial charge >= 0.3 is 0 Å². The smallest absolute Gasteiger partial charge is 0.0554 e. The van der Waals surface area contributed by atoms with Crippen molar-refractivity contribution in [2.75, 3.05) is 26.8 Å². The van der Waals surface area contributed by atoms with E-state index in [4.69, 9.17) is 4.74 Å². The standard InChI is InChI=1S/C20H41NO/c1-5-7-9-11-13-15-19(14-12-10-8-6-2)21(4)16-20(3)17-22-18-20/h19H,5-18H2,1-4H3. The molecule has 22 heavy (non-hydrogen) atoms. The van der Waals surface area contributed by atoms with Crippen LogP contribution in [0.3, 0.4) is 0 Å².